The zero-order chi connectivity index (χ0) is 25.8. The minimum absolute atomic E-state index is 0.160. The van der Waals surface area contributed by atoms with Gasteiger partial charge < -0.3 is 19.9 Å². The Morgan fingerprint density at radius 2 is 1.68 bits per heavy atom. The molecule has 10 heteroatoms. The molecule has 0 amide bonds. The molecule has 2 N–H and O–H groups in total. The number of nitrogens with zero attached hydrogens (tertiary/aromatic N) is 5. The Kier molecular flexibility index (Phi) is 7.73. The van der Waals surface area contributed by atoms with Crippen LogP contribution in [0.2, 0.25) is 5.02 Å². The molecule has 194 valence electrons. The maximum atomic E-state index is 6.75. The third-order valence-corrected chi connectivity index (χ3v) is 6.82. The van der Waals surface area contributed by atoms with Gasteiger partial charge in [0.05, 0.1) is 20.3 Å². The van der Waals surface area contributed by atoms with Crippen LogP contribution in [0.3, 0.4) is 0 Å². The number of halogens is 1. The van der Waals surface area contributed by atoms with Crippen LogP contribution in [0.4, 0.5) is 5.82 Å². The highest BCUT2D eigenvalue weighted by Crippen LogP contribution is 2.31. The number of fused-ring (bicyclic) bond motifs is 1. The van der Waals surface area contributed by atoms with Crippen LogP contribution >= 0.6 is 11.6 Å². The molecule has 1 aliphatic rings. The number of benzene rings is 2. The summed E-state index contributed by atoms with van der Waals surface area (Å²) in [5, 5.41) is 0.672. The number of likely N-dealkylation sites (tertiary alicyclic amines) is 1. The van der Waals surface area contributed by atoms with Gasteiger partial charge in [0, 0.05) is 24.2 Å². The normalized spacial score (nSPS) is 13.9. The maximum Gasteiger partial charge on any atom is 0.320 e. The van der Waals surface area contributed by atoms with E-state index in [1.807, 2.05) is 22.8 Å². The molecule has 37 heavy (non-hydrogen) atoms. The first-order valence-corrected chi connectivity index (χ1v) is 12.7. The van der Waals surface area contributed by atoms with Gasteiger partial charge in [-0.25, -0.2) is 0 Å². The van der Waals surface area contributed by atoms with Crippen molar-refractivity contribution in [3.63, 3.8) is 0 Å². The first kappa shape index (κ1) is 25.3. The molecule has 0 radical (unpaired) electrons. The molecule has 0 atom stereocenters. The fraction of sp³-hybridized carbons (Fsp3) is 0.370. The second-order valence-electron chi connectivity index (χ2n) is 9.08. The van der Waals surface area contributed by atoms with E-state index >= 15 is 0 Å². The minimum atomic E-state index is 0.160. The Morgan fingerprint density at radius 1 is 0.919 bits per heavy atom. The minimum Gasteiger partial charge on any atom is -0.468 e. The summed E-state index contributed by atoms with van der Waals surface area (Å²) in [6.45, 7) is 4.53. The van der Waals surface area contributed by atoms with Gasteiger partial charge >= 0.3 is 6.01 Å². The van der Waals surface area contributed by atoms with Crippen molar-refractivity contribution in [1.82, 2.24) is 24.4 Å². The third kappa shape index (κ3) is 5.64. The van der Waals surface area contributed by atoms with E-state index in [2.05, 4.69) is 44.1 Å². The van der Waals surface area contributed by atoms with Crippen molar-refractivity contribution in [3.8, 4) is 23.1 Å². The van der Waals surface area contributed by atoms with Crippen LogP contribution in [-0.2, 0) is 17.8 Å². The number of aromatic nitrogens is 4. The van der Waals surface area contributed by atoms with E-state index in [4.69, 9.17) is 31.5 Å². The summed E-state index contributed by atoms with van der Waals surface area (Å²) in [5.74, 6) is 0.219. The number of rotatable bonds is 10. The molecule has 2 aromatic heterocycles. The van der Waals surface area contributed by atoms with Gasteiger partial charge in [-0.05, 0) is 48.7 Å². The van der Waals surface area contributed by atoms with Crippen LogP contribution in [0.25, 0.3) is 22.3 Å². The first-order valence-electron chi connectivity index (χ1n) is 12.4. The molecule has 0 spiro atoms. The lowest BCUT2D eigenvalue weighted by atomic mass is 10.0. The number of hydrogen-bond acceptors (Lipinski definition) is 8. The summed E-state index contributed by atoms with van der Waals surface area (Å²) in [4.78, 5) is 15.7. The number of hydrogen-bond donors (Lipinski definition) is 1. The van der Waals surface area contributed by atoms with Crippen LogP contribution in [0.15, 0.2) is 42.5 Å². The first-order chi connectivity index (χ1) is 18.1. The number of ether oxygens (including phenoxy) is 3. The Morgan fingerprint density at radius 3 is 2.38 bits per heavy atom. The van der Waals surface area contributed by atoms with E-state index in [1.54, 1.807) is 14.2 Å². The summed E-state index contributed by atoms with van der Waals surface area (Å²) in [6, 6.07) is 15.2. The molecule has 1 saturated heterocycles. The molecule has 0 aliphatic carbocycles. The highest BCUT2D eigenvalue weighted by molar-refractivity contribution is 6.33. The van der Waals surface area contributed by atoms with Crippen molar-refractivity contribution >= 4 is 28.6 Å². The predicted octanol–water partition coefficient (Wildman–Crippen LogP) is 4.41. The largest absolute Gasteiger partial charge is 0.468 e. The van der Waals surface area contributed by atoms with Gasteiger partial charge in [-0.1, -0.05) is 48.0 Å². The summed E-state index contributed by atoms with van der Waals surface area (Å²) in [6.07, 6.45) is 2.59. The average molecular weight is 523 g/mol. The van der Waals surface area contributed by atoms with Gasteiger partial charge in [-0.3, -0.25) is 9.47 Å². The zero-order valence-electron chi connectivity index (χ0n) is 21.1. The molecule has 0 saturated carbocycles. The van der Waals surface area contributed by atoms with Crippen molar-refractivity contribution < 1.29 is 14.2 Å². The van der Waals surface area contributed by atoms with Crippen molar-refractivity contribution in [2.75, 3.05) is 46.3 Å². The fourth-order valence-corrected chi connectivity index (χ4v) is 4.93. The van der Waals surface area contributed by atoms with Crippen molar-refractivity contribution in [3.05, 3.63) is 58.6 Å². The SMILES string of the molecule is COCCOc1nc(N)c2nc(OC)n(Cc3ccc(-c4ccc(CN5CCCC5)cc4)c(Cl)c3)c2n1. The van der Waals surface area contributed by atoms with Gasteiger partial charge in [0.1, 0.15) is 6.61 Å². The second kappa shape index (κ2) is 11.3. The summed E-state index contributed by atoms with van der Waals surface area (Å²) < 4.78 is 17.9. The smallest absolute Gasteiger partial charge is 0.320 e. The van der Waals surface area contributed by atoms with Gasteiger partial charge in [-0.15, -0.1) is 0 Å². The lowest BCUT2D eigenvalue weighted by molar-refractivity contribution is 0.141. The van der Waals surface area contributed by atoms with Crippen LogP contribution < -0.4 is 15.2 Å². The Hall–Kier alpha value is -3.40. The standard InChI is InChI=1S/C27H31ClN6O3/c1-35-13-14-37-26-31-24(29)23-25(32-26)34(27(30-23)36-2)17-19-7-10-21(22(28)15-19)20-8-5-18(6-9-20)16-33-11-3-4-12-33/h5-10,15H,3-4,11-14,16-17H2,1-2H3,(H2,29,31,32). The van der Waals surface area contributed by atoms with E-state index < -0.39 is 0 Å². The molecule has 1 fully saturated rings. The van der Waals surface area contributed by atoms with E-state index in [-0.39, 0.29) is 11.8 Å². The molecule has 3 heterocycles. The van der Waals surface area contributed by atoms with Crippen molar-refractivity contribution in [2.24, 2.45) is 0 Å². The Balaban J connectivity index is 1.38. The molecule has 1 aliphatic heterocycles. The number of nitrogen functional groups attached to an aromatic ring is 1. The molecular weight excluding hydrogens is 492 g/mol. The van der Waals surface area contributed by atoms with Gasteiger partial charge in [0.25, 0.3) is 6.01 Å². The van der Waals surface area contributed by atoms with E-state index in [1.165, 1.54) is 31.5 Å². The molecule has 0 unspecified atom stereocenters. The molecule has 0 bridgehead atoms. The number of imidazole rings is 1. The van der Waals surface area contributed by atoms with Gasteiger partial charge in [0.15, 0.2) is 17.0 Å². The van der Waals surface area contributed by atoms with Crippen LogP contribution in [-0.4, -0.2) is 64.9 Å². The zero-order valence-corrected chi connectivity index (χ0v) is 21.9. The lowest BCUT2D eigenvalue weighted by Gasteiger charge is -2.15. The molecule has 5 rings (SSSR count). The topological polar surface area (TPSA) is 101 Å². The molecule has 9 nitrogen and oxygen atoms in total. The van der Waals surface area contributed by atoms with E-state index in [0.29, 0.717) is 42.0 Å². The van der Waals surface area contributed by atoms with E-state index in [0.717, 1.165) is 23.2 Å². The molecular formula is C27H31ClN6O3. The second-order valence-corrected chi connectivity index (χ2v) is 9.49. The van der Waals surface area contributed by atoms with Gasteiger partial charge in [-0.2, -0.15) is 15.0 Å². The summed E-state index contributed by atoms with van der Waals surface area (Å²) >= 11 is 6.75. The van der Waals surface area contributed by atoms with Gasteiger partial charge in [0.2, 0.25) is 0 Å². The lowest BCUT2D eigenvalue weighted by Crippen LogP contribution is -2.18. The molecule has 4 aromatic rings. The maximum absolute atomic E-state index is 6.75. The highest BCUT2D eigenvalue weighted by atomic mass is 35.5. The quantitative estimate of drug-likeness (QED) is 0.306. The number of anilines is 1. The monoisotopic (exact) mass is 522 g/mol. The Bertz CT molecular complexity index is 1370. The highest BCUT2D eigenvalue weighted by Gasteiger charge is 2.19. The Labute approximate surface area is 221 Å². The van der Waals surface area contributed by atoms with E-state index in [9.17, 15) is 0 Å². The summed E-state index contributed by atoms with van der Waals surface area (Å²) in [5.41, 5.74) is 11.5. The van der Waals surface area contributed by atoms with Crippen LogP contribution in [0.5, 0.6) is 12.0 Å². The predicted molar refractivity (Wildman–Crippen MR) is 144 cm³/mol. The van der Waals surface area contributed by atoms with Crippen LogP contribution in [0.1, 0.15) is 24.0 Å². The third-order valence-electron chi connectivity index (χ3n) is 6.51. The van der Waals surface area contributed by atoms with Crippen molar-refractivity contribution in [1.29, 1.82) is 0 Å². The van der Waals surface area contributed by atoms with Crippen LogP contribution in [0, 0.1) is 0 Å². The summed E-state index contributed by atoms with van der Waals surface area (Å²) in [7, 11) is 3.16. The number of methoxy groups -OCH3 is 2. The van der Waals surface area contributed by atoms with Crippen molar-refractivity contribution in [2.45, 2.75) is 25.9 Å². The average Bonchev–Trinajstić information content (AvgIpc) is 3.53. The fourth-order valence-electron chi connectivity index (χ4n) is 4.62. The molecule has 2 aromatic carbocycles. The number of nitrogens with two attached hydrogens (primary N) is 1.